The smallest absolute Gasteiger partial charge is 0.338 e. The summed E-state index contributed by atoms with van der Waals surface area (Å²) in [6, 6.07) is 6.25. The summed E-state index contributed by atoms with van der Waals surface area (Å²) in [6.45, 7) is 11.0. The molecule has 0 bridgehead atoms. The molecule has 0 heterocycles. The number of methoxy groups -OCH3 is 1. The number of hydrogen-bond donors (Lipinski definition) is 0. The van der Waals surface area contributed by atoms with Crippen LogP contribution in [-0.4, -0.2) is 25.7 Å². The van der Waals surface area contributed by atoms with E-state index in [0.717, 1.165) is 38.5 Å². The molecule has 0 N–H and O–H groups in total. The first-order valence-electron chi connectivity index (χ1n) is 11.7. The second-order valence-corrected chi connectivity index (χ2v) is 8.72. The maximum atomic E-state index is 12.1. The molecule has 1 aromatic rings. The van der Waals surface area contributed by atoms with Gasteiger partial charge in [-0.15, -0.1) is 0 Å². The number of rotatable bonds is 13. The largest absolute Gasteiger partial charge is 0.465 e. The van der Waals surface area contributed by atoms with E-state index in [-0.39, 0.29) is 6.61 Å². The lowest BCUT2D eigenvalue weighted by Crippen LogP contribution is -2.07. The predicted molar refractivity (Wildman–Crippen MR) is 136 cm³/mol. The first kappa shape index (κ1) is 28.2. The van der Waals surface area contributed by atoms with Gasteiger partial charge >= 0.3 is 11.9 Å². The minimum atomic E-state index is -0.431. The van der Waals surface area contributed by atoms with Crippen molar-refractivity contribution in [2.24, 2.45) is 0 Å². The Kier molecular flexibility index (Phi) is 13.5. The molecule has 0 aliphatic carbocycles. The van der Waals surface area contributed by atoms with E-state index in [4.69, 9.17) is 4.74 Å². The SMILES string of the molecule is COC(=O)c1ccc(C(=O)OC/C=C(\C)CCC=C(C)CC/C=C(\C)CCC=C(C)C)cc1. The van der Waals surface area contributed by atoms with Gasteiger partial charge in [-0.3, -0.25) is 0 Å². The number of carbonyl (C=O) groups excluding carboxylic acids is 2. The molecule has 0 spiro atoms. The van der Waals surface area contributed by atoms with Gasteiger partial charge in [0.1, 0.15) is 6.61 Å². The first-order chi connectivity index (χ1) is 15.7. The third-order valence-electron chi connectivity index (χ3n) is 5.34. The molecule has 0 amide bonds. The van der Waals surface area contributed by atoms with Gasteiger partial charge in [-0.2, -0.15) is 0 Å². The van der Waals surface area contributed by atoms with Gasteiger partial charge in [0, 0.05) is 0 Å². The van der Waals surface area contributed by atoms with Crippen LogP contribution in [0.5, 0.6) is 0 Å². The van der Waals surface area contributed by atoms with Crippen LogP contribution in [0.4, 0.5) is 0 Å². The van der Waals surface area contributed by atoms with Gasteiger partial charge in [0.25, 0.3) is 0 Å². The Hall–Kier alpha value is -2.88. The van der Waals surface area contributed by atoms with Crippen LogP contribution < -0.4 is 0 Å². The zero-order chi connectivity index (χ0) is 24.6. The van der Waals surface area contributed by atoms with Crippen LogP contribution in [0.25, 0.3) is 0 Å². The van der Waals surface area contributed by atoms with Crippen molar-refractivity contribution in [2.75, 3.05) is 13.7 Å². The lowest BCUT2D eigenvalue weighted by Gasteiger charge is -2.05. The number of ether oxygens (including phenoxy) is 2. The molecule has 0 aliphatic rings. The van der Waals surface area contributed by atoms with Gasteiger partial charge in [-0.25, -0.2) is 9.59 Å². The molecule has 0 saturated carbocycles. The highest BCUT2D eigenvalue weighted by Crippen LogP contribution is 2.14. The molecule has 4 heteroatoms. The van der Waals surface area contributed by atoms with Crippen molar-refractivity contribution in [3.63, 3.8) is 0 Å². The van der Waals surface area contributed by atoms with E-state index in [2.05, 4.69) is 57.6 Å². The summed E-state index contributed by atoms with van der Waals surface area (Å²) in [5.74, 6) is -0.838. The summed E-state index contributed by atoms with van der Waals surface area (Å²) in [5.41, 5.74) is 6.28. The molecule has 33 heavy (non-hydrogen) atoms. The van der Waals surface area contributed by atoms with Gasteiger partial charge in [-0.1, -0.05) is 40.5 Å². The summed E-state index contributed by atoms with van der Waals surface area (Å²) in [6.07, 6.45) is 15.3. The van der Waals surface area contributed by atoms with E-state index in [1.54, 1.807) is 24.3 Å². The summed E-state index contributed by atoms with van der Waals surface area (Å²) < 4.78 is 9.96. The third kappa shape index (κ3) is 12.7. The topological polar surface area (TPSA) is 52.6 Å². The van der Waals surface area contributed by atoms with E-state index in [0.29, 0.717) is 11.1 Å². The van der Waals surface area contributed by atoms with E-state index in [1.165, 1.54) is 29.4 Å². The Balaban J connectivity index is 2.32. The number of hydrogen-bond acceptors (Lipinski definition) is 4. The van der Waals surface area contributed by atoms with Crippen LogP contribution in [0.3, 0.4) is 0 Å². The highest BCUT2D eigenvalue weighted by molar-refractivity contribution is 5.93. The van der Waals surface area contributed by atoms with Crippen LogP contribution in [-0.2, 0) is 9.47 Å². The van der Waals surface area contributed by atoms with Crippen LogP contribution in [0.1, 0.15) is 93.9 Å². The zero-order valence-corrected chi connectivity index (χ0v) is 21.2. The Morgan fingerprint density at radius 3 is 1.55 bits per heavy atom. The fraction of sp³-hybridized carbons (Fsp3) is 0.448. The van der Waals surface area contributed by atoms with Gasteiger partial charge in [0.05, 0.1) is 18.2 Å². The second-order valence-electron chi connectivity index (χ2n) is 8.72. The molecule has 1 rings (SSSR count). The zero-order valence-electron chi connectivity index (χ0n) is 21.2. The summed E-state index contributed by atoms with van der Waals surface area (Å²) in [4.78, 5) is 23.6. The van der Waals surface area contributed by atoms with Crippen LogP contribution in [0.2, 0.25) is 0 Å². The molecule has 1 aromatic carbocycles. The quantitative estimate of drug-likeness (QED) is 0.226. The standard InChI is InChI=1S/C29H40O4/c1-22(2)10-7-11-23(3)12-8-13-24(4)14-9-15-25(5)20-21-33-29(31)27-18-16-26(17-19-27)28(30)32-6/h10,12,14,16-20H,7-9,11,13,15,21H2,1-6H3/b23-12+,24-14?,25-20+. The molecule has 0 radical (unpaired) electrons. The maximum absolute atomic E-state index is 12.1. The van der Waals surface area contributed by atoms with Gasteiger partial charge in [0.2, 0.25) is 0 Å². The third-order valence-corrected chi connectivity index (χ3v) is 5.34. The van der Waals surface area contributed by atoms with Crippen molar-refractivity contribution < 1.29 is 19.1 Å². The minimum absolute atomic E-state index is 0.239. The van der Waals surface area contributed by atoms with Crippen LogP contribution >= 0.6 is 0 Å². The molecule has 0 aromatic heterocycles. The fourth-order valence-electron chi connectivity index (χ4n) is 3.19. The second kappa shape index (κ2) is 15.8. The highest BCUT2D eigenvalue weighted by atomic mass is 16.5. The average Bonchev–Trinajstić information content (AvgIpc) is 2.78. The van der Waals surface area contributed by atoms with Gasteiger partial charge < -0.3 is 9.47 Å². The molecule has 180 valence electrons. The van der Waals surface area contributed by atoms with Crippen molar-refractivity contribution in [1.29, 1.82) is 0 Å². The monoisotopic (exact) mass is 452 g/mol. The fourth-order valence-corrected chi connectivity index (χ4v) is 3.19. The number of esters is 2. The van der Waals surface area contributed by atoms with E-state index < -0.39 is 11.9 Å². The van der Waals surface area contributed by atoms with E-state index >= 15 is 0 Å². The van der Waals surface area contributed by atoms with Gasteiger partial charge in [-0.05, 0) is 103 Å². The Morgan fingerprint density at radius 1 is 0.667 bits per heavy atom. The normalized spacial score (nSPS) is 12.4. The number of benzene rings is 1. The minimum Gasteiger partial charge on any atom is -0.465 e. The molecule has 0 saturated heterocycles. The van der Waals surface area contributed by atoms with Crippen molar-refractivity contribution >= 4 is 11.9 Å². The average molecular weight is 453 g/mol. The van der Waals surface area contributed by atoms with Crippen molar-refractivity contribution in [2.45, 2.75) is 73.1 Å². The Bertz CT molecular complexity index is 879. The molecule has 0 aliphatic heterocycles. The summed E-state index contributed by atoms with van der Waals surface area (Å²) >= 11 is 0. The Labute approximate surface area is 200 Å². The summed E-state index contributed by atoms with van der Waals surface area (Å²) in [7, 11) is 1.32. The highest BCUT2D eigenvalue weighted by Gasteiger charge is 2.09. The van der Waals surface area contributed by atoms with Gasteiger partial charge in [0.15, 0.2) is 0 Å². The lowest BCUT2D eigenvalue weighted by atomic mass is 10.0. The van der Waals surface area contributed by atoms with Crippen LogP contribution in [0, 0.1) is 0 Å². The summed E-state index contributed by atoms with van der Waals surface area (Å²) in [5, 5.41) is 0. The molecule has 0 atom stereocenters. The van der Waals surface area contributed by atoms with Crippen LogP contribution in [0.15, 0.2) is 70.9 Å². The molecule has 0 unspecified atom stereocenters. The maximum Gasteiger partial charge on any atom is 0.338 e. The van der Waals surface area contributed by atoms with E-state index in [9.17, 15) is 9.59 Å². The van der Waals surface area contributed by atoms with Crippen molar-refractivity contribution in [3.8, 4) is 0 Å². The number of allylic oxidation sites excluding steroid dienone is 7. The molecular formula is C29H40O4. The Morgan fingerprint density at radius 2 is 1.09 bits per heavy atom. The van der Waals surface area contributed by atoms with E-state index in [1.807, 2.05) is 6.08 Å². The van der Waals surface area contributed by atoms with Crippen molar-refractivity contribution in [3.05, 3.63) is 82.0 Å². The molecule has 4 nitrogen and oxygen atoms in total. The first-order valence-corrected chi connectivity index (χ1v) is 11.7. The molecule has 0 fully saturated rings. The predicted octanol–water partition coefficient (Wildman–Crippen LogP) is 7.78. The van der Waals surface area contributed by atoms with Crippen molar-refractivity contribution in [1.82, 2.24) is 0 Å². The number of carbonyl (C=O) groups is 2. The molecular weight excluding hydrogens is 412 g/mol. The lowest BCUT2D eigenvalue weighted by molar-refractivity contribution is 0.0545.